The van der Waals surface area contributed by atoms with Crippen molar-refractivity contribution in [3.8, 4) is 0 Å². The summed E-state index contributed by atoms with van der Waals surface area (Å²) in [5.74, 6) is 1.48. The lowest BCUT2D eigenvalue weighted by Gasteiger charge is -2.30. The molecule has 0 bridgehead atoms. The first-order valence-corrected chi connectivity index (χ1v) is 8.29. The molecule has 0 fully saturated rings. The van der Waals surface area contributed by atoms with Gasteiger partial charge in [-0.3, -0.25) is 0 Å². The Morgan fingerprint density at radius 2 is 2.14 bits per heavy atom. The van der Waals surface area contributed by atoms with Crippen LogP contribution in [0.2, 0.25) is 0 Å². The Kier molecular flexibility index (Phi) is 4.49. The number of nitrogens with two attached hydrogens (primary N) is 1. The Morgan fingerprint density at radius 3 is 2.95 bits per heavy atom. The molecule has 1 aliphatic rings. The zero-order chi connectivity index (χ0) is 15.4. The highest BCUT2D eigenvalue weighted by Gasteiger charge is 2.17. The van der Waals surface area contributed by atoms with Crippen LogP contribution in [0.25, 0.3) is 0 Å². The Bertz CT molecular complexity index is 709. The monoisotopic (exact) mass is 309 g/mol. The van der Waals surface area contributed by atoms with Crippen LogP contribution in [0.3, 0.4) is 0 Å². The van der Waals surface area contributed by atoms with Crippen molar-refractivity contribution in [1.29, 1.82) is 0 Å². The molecule has 0 spiro atoms. The van der Waals surface area contributed by atoms with Crippen LogP contribution in [-0.4, -0.2) is 10.4 Å². The van der Waals surface area contributed by atoms with Gasteiger partial charge in [-0.05, 0) is 48.4 Å². The van der Waals surface area contributed by atoms with Gasteiger partial charge in [0.25, 0.3) is 0 Å². The van der Waals surface area contributed by atoms with E-state index in [-0.39, 0.29) is 5.37 Å². The van der Waals surface area contributed by atoms with E-state index in [1.54, 1.807) is 6.20 Å². The number of hydrogen-bond donors (Lipinski definition) is 1. The second kappa shape index (κ2) is 6.71. The first-order valence-electron chi connectivity index (χ1n) is 7.24. The number of nitrogen functional groups attached to an aromatic ring is 1. The van der Waals surface area contributed by atoms with Gasteiger partial charge in [-0.25, -0.2) is 4.98 Å². The van der Waals surface area contributed by atoms with Gasteiger partial charge in [0.1, 0.15) is 5.82 Å². The van der Waals surface area contributed by atoms with E-state index in [1.165, 1.54) is 16.8 Å². The number of nitrogens with zero attached hydrogens (tertiary/aromatic N) is 2. The first kappa shape index (κ1) is 14.7. The Morgan fingerprint density at radius 1 is 1.23 bits per heavy atom. The normalized spacial score (nSPS) is 17.0. The number of hydrogen-bond acceptors (Lipinski definition) is 4. The van der Waals surface area contributed by atoms with Gasteiger partial charge in [0.05, 0.1) is 5.37 Å². The maximum atomic E-state index is 5.75. The zero-order valence-electron chi connectivity index (χ0n) is 12.5. The molecule has 112 valence electrons. The molecule has 1 aliphatic heterocycles. The fraction of sp³-hybridized carbons (Fsp3) is 0.167. The summed E-state index contributed by atoms with van der Waals surface area (Å²) in [5.41, 5.74) is 9.43. The lowest BCUT2D eigenvalue weighted by Crippen LogP contribution is -2.27. The number of aryl methyl sites for hydroxylation is 1. The van der Waals surface area contributed by atoms with E-state index < -0.39 is 0 Å². The van der Waals surface area contributed by atoms with Crippen LogP contribution in [0.1, 0.15) is 11.1 Å². The van der Waals surface area contributed by atoms with Gasteiger partial charge < -0.3 is 10.6 Å². The quantitative estimate of drug-likeness (QED) is 0.922. The predicted molar refractivity (Wildman–Crippen MR) is 95.7 cm³/mol. The molecule has 0 saturated carbocycles. The fourth-order valence-corrected chi connectivity index (χ4v) is 3.50. The number of aromatic nitrogens is 1. The van der Waals surface area contributed by atoms with Crippen LogP contribution in [0, 0.1) is 6.92 Å². The minimum atomic E-state index is 0.279. The molecule has 2 heterocycles. The zero-order valence-corrected chi connectivity index (χ0v) is 13.3. The van der Waals surface area contributed by atoms with Crippen LogP contribution in [-0.2, 0) is 5.75 Å². The summed E-state index contributed by atoms with van der Waals surface area (Å²) in [6.07, 6.45) is 10.3. The van der Waals surface area contributed by atoms with Crippen molar-refractivity contribution in [2.75, 3.05) is 10.6 Å². The molecule has 3 nitrogen and oxygen atoms in total. The van der Waals surface area contributed by atoms with E-state index in [0.717, 1.165) is 5.75 Å². The summed E-state index contributed by atoms with van der Waals surface area (Å²) in [6, 6.07) is 12.5. The van der Waals surface area contributed by atoms with E-state index in [9.17, 15) is 0 Å². The van der Waals surface area contributed by atoms with Crippen LogP contribution >= 0.6 is 11.8 Å². The first-order chi connectivity index (χ1) is 10.7. The number of pyridine rings is 1. The molecule has 0 saturated heterocycles. The highest BCUT2D eigenvalue weighted by Crippen LogP contribution is 2.30. The van der Waals surface area contributed by atoms with E-state index in [0.29, 0.717) is 5.82 Å². The number of allylic oxidation sites excluding steroid dienone is 2. The SMILES string of the molecule is Cc1cccc(N2C=CC=CC2SCc2ccnc(N)c2)c1. The molecule has 2 aromatic rings. The summed E-state index contributed by atoms with van der Waals surface area (Å²) in [4.78, 5) is 6.33. The molecule has 1 unspecified atom stereocenters. The number of anilines is 2. The van der Waals surface area contributed by atoms with Crippen molar-refractivity contribution in [3.05, 3.63) is 78.1 Å². The second-order valence-electron chi connectivity index (χ2n) is 5.26. The number of benzene rings is 1. The lowest BCUT2D eigenvalue weighted by molar-refractivity contribution is 1.01. The fourth-order valence-electron chi connectivity index (χ4n) is 2.40. The Balaban J connectivity index is 1.74. The van der Waals surface area contributed by atoms with Crippen molar-refractivity contribution in [2.45, 2.75) is 18.1 Å². The summed E-state index contributed by atoms with van der Waals surface area (Å²) >= 11 is 1.87. The number of rotatable bonds is 4. The van der Waals surface area contributed by atoms with Gasteiger partial charge in [-0.2, -0.15) is 0 Å². The summed E-state index contributed by atoms with van der Waals surface area (Å²) in [7, 11) is 0. The standard InChI is InChI=1S/C18H19N3S/c1-14-5-4-6-16(11-14)21-10-3-2-7-18(21)22-13-15-8-9-20-17(19)12-15/h2-12,18H,13H2,1H3,(H2,19,20). The molecule has 1 aromatic heterocycles. The average Bonchev–Trinajstić information content (AvgIpc) is 2.53. The van der Waals surface area contributed by atoms with Gasteiger partial charge >= 0.3 is 0 Å². The van der Waals surface area contributed by atoms with Gasteiger partial charge in [0.2, 0.25) is 0 Å². The average molecular weight is 309 g/mol. The van der Waals surface area contributed by atoms with Gasteiger partial charge in [0.15, 0.2) is 0 Å². The second-order valence-corrected chi connectivity index (χ2v) is 6.37. The van der Waals surface area contributed by atoms with Crippen molar-refractivity contribution in [1.82, 2.24) is 4.98 Å². The molecule has 0 amide bonds. The van der Waals surface area contributed by atoms with E-state index in [1.807, 2.05) is 23.9 Å². The van der Waals surface area contributed by atoms with E-state index >= 15 is 0 Å². The topological polar surface area (TPSA) is 42.2 Å². The molecule has 0 aliphatic carbocycles. The van der Waals surface area contributed by atoms with Crippen LogP contribution in [0.4, 0.5) is 11.5 Å². The maximum Gasteiger partial charge on any atom is 0.123 e. The van der Waals surface area contributed by atoms with Crippen LogP contribution in [0.15, 0.2) is 67.0 Å². The molecule has 1 atom stereocenters. The third-order valence-electron chi connectivity index (χ3n) is 3.47. The minimum Gasteiger partial charge on any atom is -0.384 e. The largest absolute Gasteiger partial charge is 0.384 e. The van der Waals surface area contributed by atoms with E-state index in [4.69, 9.17) is 5.73 Å². The van der Waals surface area contributed by atoms with E-state index in [2.05, 4.69) is 65.5 Å². The minimum absolute atomic E-state index is 0.279. The van der Waals surface area contributed by atoms with Gasteiger partial charge in [-0.15, -0.1) is 11.8 Å². The van der Waals surface area contributed by atoms with Crippen molar-refractivity contribution in [3.63, 3.8) is 0 Å². The highest BCUT2D eigenvalue weighted by molar-refractivity contribution is 7.99. The molecular weight excluding hydrogens is 290 g/mol. The molecule has 2 N–H and O–H groups in total. The van der Waals surface area contributed by atoms with Crippen LogP contribution in [0.5, 0.6) is 0 Å². The third kappa shape index (κ3) is 3.52. The van der Waals surface area contributed by atoms with Crippen molar-refractivity contribution in [2.24, 2.45) is 0 Å². The van der Waals surface area contributed by atoms with Crippen LogP contribution < -0.4 is 10.6 Å². The summed E-state index contributed by atoms with van der Waals surface area (Å²) < 4.78 is 0. The maximum absolute atomic E-state index is 5.75. The van der Waals surface area contributed by atoms with Crippen molar-refractivity contribution < 1.29 is 0 Å². The molecular formula is C18H19N3S. The number of thioether (sulfide) groups is 1. The molecule has 0 radical (unpaired) electrons. The predicted octanol–water partition coefficient (Wildman–Crippen LogP) is 4.12. The van der Waals surface area contributed by atoms with Crippen molar-refractivity contribution >= 4 is 23.3 Å². The summed E-state index contributed by atoms with van der Waals surface area (Å²) in [5, 5.41) is 0.279. The lowest BCUT2D eigenvalue weighted by atomic mass is 10.2. The van der Waals surface area contributed by atoms with Gasteiger partial charge in [0, 0.05) is 23.8 Å². The Hall–Kier alpha value is -2.20. The molecule has 22 heavy (non-hydrogen) atoms. The summed E-state index contributed by atoms with van der Waals surface area (Å²) in [6.45, 7) is 2.12. The third-order valence-corrected chi connectivity index (χ3v) is 4.70. The molecule has 3 rings (SSSR count). The smallest absolute Gasteiger partial charge is 0.123 e. The molecule has 1 aromatic carbocycles. The Labute approximate surface area is 135 Å². The van der Waals surface area contributed by atoms with Gasteiger partial charge in [-0.1, -0.05) is 24.3 Å². The highest BCUT2D eigenvalue weighted by atomic mass is 32.2. The molecule has 4 heteroatoms.